The van der Waals surface area contributed by atoms with E-state index in [1.54, 1.807) is 24.3 Å². The lowest BCUT2D eigenvalue weighted by molar-refractivity contribution is -0.123. The van der Waals surface area contributed by atoms with Crippen LogP contribution in [0.2, 0.25) is 0 Å². The highest BCUT2D eigenvalue weighted by atomic mass is 16.5. The molecule has 0 bridgehead atoms. The first kappa shape index (κ1) is 15.5. The number of benzene rings is 1. The van der Waals surface area contributed by atoms with E-state index >= 15 is 0 Å². The third-order valence-corrected chi connectivity index (χ3v) is 3.94. The smallest absolute Gasteiger partial charge is 0.257 e. The zero-order valence-corrected chi connectivity index (χ0v) is 12.6. The summed E-state index contributed by atoms with van der Waals surface area (Å²) in [5.74, 6) is 1.16. The van der Waals surface area contributed by atoms with Gasteiger partial charge in [-0.05, 0) is 49.9 Å². The fourth-order valence-corrected chi connectivity index (χ4v) is 2.64. The molecule has 1 N–H and O–H groups in total. The quantitative estimate of drug-likeness (QED) is 0.819. The molecule has 0 unspecified atom stereocenters. The van der Waals surface area contributed by atoms with Gasteiger partial charge in [0.1, 0.15) is 5.75 Å². The van der Waals surface area contributed by atoms with Crippen LogP contribution in [0.25, 0.3) is 0 Å². The summed E-state index contributed by atoms with van der Waals surface area (Å²) in [5, 5.41) is 2.93. The van der Waals surface area contributed by atoms with E-state index in [1.807, 2.05) is 0 Å². The number of ketones is 1. The molecule has 0 saturated heterocycles. The molecule has 1 fully saturated rings. The van der Waals surface area contributed by atoms with Crippen molar-refractivity contribution in [2.24, 2.45) is 5.92 Å². The number of hydrogen-bond donors (Lipinski definition) is 1. The summed E-state index contributed by atoms with van der Waals surface area (Å²) in [6, 6.07) is 6.84. The minimum absolute atomic E-state index is 0.0200. The highest BCUT2D eigenvalue weighted by molar-refractivity contribution is 5.94. The maximum absolute atomic E-state index is 11.7. The van der Waals surface area contributed by atoms with Crippen LogP contribution in [-0.2, 0) is 4.79 Å². The van der Waals surface area contributed by atoms with Gasteiger partial charge < -0.3 is 10.1 Å². The van der Waals surface area contributed by atoms with E-state index in [-0.39, 0.29) is 18.3 Å². The first-order valence-electron chi connectivity index (χ1n) is 7.65. The van der Waals surface area contributed by atoms with E-state index in [9.17, 15) is 9.59 Å². The maximum atomic E-state index is 11.7. The highest BCUT2D eigenvalue weighted by Crippen LogP contribution is 2.22. The number of hydrogen-bond acceptors (Lipinski definition) is 3. The molecule has 1 amide bonds. The Morgan fingerprint density at radius 2 is 1.81 bits per heavy atom. The Kier molecular flexibility index (Phi) is 5.78. The molecular formula is C17H23NO3. The van der Waals surface area contributed by atoms with Gasteiger partial charge in [-0.15, -0.1) is 0 Å². The molecule has 4 heteroatoms. The van der Waals surface area contributed by atoms with Crippen molar-refractivity contribution in [1.29, 1.82) is 0 Å². The van der Waals surface area contributed by atoms with Crippen LogP contribution >= 0.6 is 0 Å². The summed E-state index contributed by atoms with van der Waals surface area (Å²) < 4.78 is 5.42. The first-order valence-corrected chi connectivity index (χ1v) is 7.65. The lowest BCUT2D eigenvalue weighted by atomic mass is 9.89. The van der Waals surface area contributed by atoms with Gasteiger partial charge in [-0.3, -0.25) is 9.59 Å². The van der Waals surface area contributed by atoms with Gasteiger partial charge in [0, 0.05) is 12.1 Å². The molecule has 2 rings (SSSR count). The van der Waals surface area contributed by atoms with Crippen LogP contribution in [0.15, 0.2) is 24.3 Å². The van der Waals surface area contributed by atoms with Crippen LogP contribution in [0.5, 0.6) is 5.75 Å². The number of Topliss-reactive ketones (excluding diaryl/α,β-unsaturated/α-hetero) is 1. The van der Waals surface area contributed by atoms with Crippen molar-refractivity contribution in [2.75, 3.05) is 13.2 Å². The second kappa shape index (κ2) is 7.81. The Hall–Kier alpha value is -1.84. The second-order valence-electron chi connectivity index (χ2n) is 5.68. The van der Waals surface area contributed by atoms with Crippen LogP contribution < -0.4 is 10.1 Å². The Morgan fingerprint density at radius 1 is 1.14 bits per heavy atom. The molecule has 0 spiro atoms. The molecule has 1 aliphatic rings. The molecule has 1 aromatic rings. The Morgan fingerprint density at radius 3 is 2.43 bits per heavy atom. The average Bonchev–Trinajstić information content (AvgIpc) is 2.52. The van der Waals surface area contributed by atoms with Gasteiger partial charge in [0.15, 0.2) is 12.4 Å². The van der Waals surface area contributed by atoms with Crippen molar-refractivity contribution in [2.45, 2.75) is 39.0 Å². The molecule has 0 aliphatic heterocycles. The molecule has 0 radical (unpaired) electrons. The van der Waals surface area contributed by atoms with E-state index in [0.29, 0.717) is 17.2 Å². The van der Waals surface area contributed by atoms with Crippen molar-refractivity contribution in [1.82, 2.24) is 5.32 Å². The van der Waals surface area contributed by atoms with E-state index < -0.39 is 0 Å². The van der Waals surface area contributed by atoms with Crippen molar-refractivity contribution < 1.29 is 14.3 Å². The Labute approximate surface area is 125 Å². The van der Waals surface area contributed by atoms with Gasteiger partial charge in [0.2, 0.25) is 0 Å². The highest BCUT2D eigenvalue weighted by Gasteiger charge is 2.14. The van der Waals surface area contributed by atoms with Gasteiger partial charge >= 0.3 is 0 Å². The molecule has 0 heterocycles. The number of carbonyl (C=O) groups excluding carboxylic acids is 2. The third-order valence-electron chi connectivity index (χ3n) is 3.94. The van der Waals surface area contributed by atoms with E-state index in [2.05, 4.69) is 5.32 Å². The molecule has 4 nitrogen and oxygen atoms in total. The fourth-order valence-electron chi connectivity index (χ4n) is 2.64. The van der Waals surface area contributed by atoms with Gasteiger partial charge in [0.25, 0.3) is 5.91 Å². The van der Waals surface area contributed by atoms with Crippen molar-refractivity contribution in [3.8, 4) is 5.75 Å². The molecule has 21 heavy (non-hydrogen) atoms. The topological polar surface area (TPSA) is 55.4 Å². The molecule has 0 aromatic heterocycles. The lowest BCUT2D eigenvalue weighted by Gasteiger charge is -2.21. The first-order chi connectivity index (χ1) is 10.1. The van der Waals surface area contributed by atoms with Crippen molar-refractivity contribution in [3.05, 3.63) is 29.8 Å². The number of nitrogens with one attached hydrogen (secondary N) is 1. The maximum Gasteiger partial charge on any atom is 0.257 e. The summed E-state index contributed by atoms with van der Waals surface area (Å²) in [4.78, 5) is 22.9. The van der Waals surface area contributed by atoms with Gasteiger partial charge in [-0.2, -0.15) is 0 Å². The van der Waals surface area contributed by atoms with E-state index in [4.69, 9.17) is 4.74 Å². The summed E-state index contributed by atoms with van der Waals surface area (Å²) in [6.45, 7) is 2.30. The van der Waals surface area contributed by atoms with Gasteiger partial charge in [-0.1, -0.05) is 19.3 Å². The molecule has 0 atom stereocenters. The molecule has 1 aromatic carbocycles. The minimum atomic E-state index is -0.0868. The van der Waals surface area contributed by atoms with Crippen LogP contribution in [0.3, 0.4) is 0 Å². The monoisotopic (exact) mass is 289 g/mol. The summed E-state index contributed by atoms with van der Waals surface area (Å²) in [6.07, 6.45) is 6.31. The van der Waals surface area contributed by atoms with Crippen LogP contribution in [0.1, 0.15) is 49.4 Å². The predicted molar refractivity (Wildman–Crippen MR) is 81.5 cm³/mol. The third kappa shape index (κ3) is 5.21. The zero-order valence-electron chi connectivity index (χ0n) is 12.6. The SMILES string of the molecule is CC(=O)c1ccc(OCC(=O)NCC2CCCCC2)cc1. The zero-order chi connectivity index (χ0) is 15.1. The predicted octanol–water partition coefficient (Wildman–Crippen LogP) is 2.96. The van der Waals surface area contributed by atoms with E-state index in [0.717, 1.165) is 6.54 Å². The van der Waals surface area contributed by atoms with Gasteiger partial charge in [-0.25, -0.2) is 0 Å². The van der Waals surface area contributed by atoms with Crippen LogP contribution in [0.4, 0.5) is 0 Å². The van der Waals surface area contributed by atoms with Crippen molar-refractivity contribution in [3.63, 3.8) is 0 Å². The normalized spacial score (nSPS) is 15.5. The minimum Gasteiger partial charge on any atom is -0.484 e. The molecule has 114 valence electrons. The largest absolute Gasteiger partial charge is 0.484 e. The second-order valence-corrected chi connectivity index (χ2v) is 5.68. The standard InChI is InChI=1S/C17H23NO3/c1-13(19)15-7-9-16(10-8-15)21-12-17(20)18-11-14-5-3-2-4-6-14/h7-10,14H,2-6,11-12H2,1H3,(H,18,20). The van der Waals surface area contributed by atoms with Crippen LogP contribution in [-0.4, -0.2) is 24.8 Å². The van der Waals surface area contributed by atoms with Gasteiger partial charge in [0.05, 0.1) is 0 Å². The Balaban J connectivity index is 1.69. The fraction of sp³-hybridized carbons (Fsp3) is 0.529. The Bertz CT molecular complexity index is 475. The number of carbonyl (C=O) groups is 2. The average molecular weight is 289 g/mol. The van der Waals surface area contributed by atoms with Crippen molar-refractivity contribution >= 4 is 11.7 Å². The molecule has 1 saturated carbocycles. The number of rotatable bonds is 6. The summed E-state index contributed by atoms with van der Waals surface area (Å²) >= 11 is 0. The van der Waals surface area contributed by atoms with E-state index in [1.165, 1.54) is 39.0 Å². The molecule has 1 aliphatic carbocycles. The van der Waals surface area contributed by atoms with Crippen LogP contribution in [0, 0.1) is 5.92 Å². The number of amides is 1. The lowest BCUT2D eigenvalue weighted by Crippen LogP contribution is -2.33. The summed E-state index contributed by atoms with van der Waals surface area (Å²) in [7, 11) is 0. The number of ether oxygens (including phenoxy) is 1. The molecular weight excluding hydrogens is 266 g/mol. The summed E-state index contributed by atoms with van der Waals surface area (Å²) in [5.41, 5.74) is 0.643.